The number of fused-ring (bicyclic) bond motifs is 8. The molecule has 2 aliphatic rings. The fourth-order valence-corrected chi connectivity index (χ4v) is 9.78. The standard InChI is InChI=1S/C52H36BN5/c1-33-14-3-8-19-42(33)56-45-26-25-36(52-37-17-6-5-16-35(37)27-29-55-52)30-40(45)53-41-32-48-39(38-18-7-10-21-44(38)58(48)50-24-11-12-28-54-50)31-49(41)57(43-20-9-4-15-34(43)2)47-23-13-22-46(56)51(47)53/h3-32H,1-2H3. The van der Waals surface area contributed by atoms with Gasteiger partial charge >= 0.3 is 0 Å². The van der Waals surface area contributed by atoms with Gasteiger partial charge in [-0.2, -0.15) is 0 Å². The monoisotopic (exact) mass is 741 g/mol. The maximum Gasteiger partial charge on any atom is 0.252 e. The molecule has 0 saturated carbocycles. The summed E-state index contributed by atoms with van der Waals surface area (Å²) in [6.45, 7) is 4.36. The summed E-state index contributed by atoms with van der Waals surface area (Å²) < 4.78 is 2.34. The molecule has 0 radical (unpaired) electrons. The van der Waals surface area contributed by atoms with Gasteiger partial charge in [0.15, 0.2) is 0 Å². The van der Waals surface area contributed by atoms with Gasteiger partial charge in [0, 0.05) is 68.2 Å². The van der Waals surface area contributed by atoms with Crippen LogP contribution >= 0.6 is 0 Å². The van der Waals surface area contributed by atoms with E-state index < -0.39 is 0 Å². The van der Waals surface area contributed by atoms with Crippen LogP contribution in [0.2, 0.25) is 0 Å². The van der Waals surface area contributed by atoms with E-state index in [1.165, 1.54) is 77.8 Å². The number of nitrogens with zero attached hydrogens (tertiary/aromatic N) is 5. The van der Waals surface area contributed by atoms with Crippen LogP contribution < -0.4 is 26.2 Å². The largest absolute Gasteiger partial charge is 0.311 e. The molecule has 0 spiro atoms. The van der Waals surface area contributed by atoms with Crippen molar-refractivity contribution in [2.75, 3.05) is 9.80 Å². The van der Waals surface area contributed by atoms with Crippen molar-refractivity contribution in [1.82, 2.24) is 14.5 Å². The SMILES string of the molecule is Cc1ccccc1N1c2ccc(-c3nccc4ccccc34)cc2B2c3cc4c(cc3N(c3ccccc3C)c3cccc1c32)c1ccccc1n4-c1ccccn1. The molecular weight excluding hydrogens is 705 g/mol. The third-order valence-corrected chi connectivity index (χ3v) is 12.3. The van der Waals surface area contributed by atoms with Gasteiger partial charge in [-0.15, -0.1) is 0 Å². The van der Waals surface area contributed by atoms with Crippen LogP contribution in [0, 0.1) is 13.8 Å². The van der Waals surface area contributed by atoms with E-state index in [1.807, 2.05) is 18.5 Å². The van der Waals surface area contributed by atoms with E-state index in [2.05, 4.69) is 192 Å². The molecule has 0 unspecified atom stereocenters. The van der Waals surface area contributed by atoms with Crippen LogP contribution in [0.25, 0.3) is 49.7 Å². The Morgan fingerprint density at radius 2 is 1.09 bits per heavy atom. The Kier molecular flexibility index (Phi) is 7.08. The number of hydrogen-bond acceptors (Lipinski definition) is 4. The van der Waals surface area contributed by atoms with Gasteiger partial charge in [-0.1, -0.05) is 103 Å². The summed E-state index contributed by atoms with van der Waals surface area (Å²) in [5, 5.41) is 4.73. The second-order valence-electron chi connectivity index (χ2n) is 15.5. The Morgan fingerprint density at radius 1 is 0.431 bits per heavy atom. The van der Waals surface area contributed by atoms with Crippen molar-refractivity contribution in [2.45, 2.75) is 13.8 Å². The zero-order chi connectivity index (χ0) is 38.5. The van der Waals surface area contributed by atoms with Crippen molar-refractivity contribution in [1.29, 1.82) is 0 Å². The lowest BCUT2D eigenvalue weighted by molar-refractivity contribution is 1.08. The highest BCUT2D eigenvalue weighted by Crippen LogP contribution is 2.47. The Morgan fingerprint density at radius 3 is 1.84 bits per heavy atom. The fraction of sp³-hybridized carbons (Fsp3) is 0.0385. The summed E-state index contributed by atoms with van der Waals surface area (Å²) in [5.41, 5.74) is 17.7. The molecule has 12 rings (SSSR count). The molecule has 0 aliphatic carbocycles. The highest BCUT2D eigenvalue weighted by atomic mass is 15.2. The Labute approximate surface area is 337 Å². The molecule has 58 heavy (non-hydrogen) atoms. The van der Waals surface area contributed by atoms with E-state index in [4.69, 9.17) is 9.97 Å². The van der Waals surface area contributed by atoms with Crippen LogP contribution in [0.3, 0.4) is 0 Å². The molecule has 10 aromatic rings. The van der Waals surface area contributed by atoms with Crippen LogP contribution in [0.1, 0.15) is 11.1 Å². The van der Waals surface area contributed by atoms with Gasteiger partial charge in [-0.3, -0.25) is 9.55 Å². The normalized spacial score (nSPS) is 12.9. The lowest BCUT2D eigenvalue weighted by Crippen LogP contribution is -2.61. The molecule has 0 atom stereocenters. The van der Waals surface area contributed by atoms with Crippen molar-refractivity contribution >= 4 is 89.8 Å². The first-order valence-electron chi connectivity index (χ1n) is 19.9. The zero-order valence-corrected chi connectivity index (χ0v) is 32.1. The number of anilines is 6. The minimum Gasteiger partial charge on any atom is -0.311 e. The maximum atomic E-state index is 5.03. The molecule has 2 aliphatic heterocycles. The van der Waals surface area contributed by atoms with E-state index in [0.29, 0.717) is 0 Å². The molecule has 272 valence electrons. The summed E-state index contributed by atoms with van der Waals surface area (Å²) in [7, 11) is 0. The molecule has 0 N–H and O–H groups in total. The predicted octanol–water partition coefficient (Wildman–Crippen LogP) is 11.1. The molecule has 6 heteroatoms. The molecule has 7 aromatic carbocycles. The van der Waals surface area contributed by atoms with Gasteiger partial charge in [-0.05, 0) is 113 Å². The zero-order valence-electron chi connectivity index (χ0n) is 32.1. The van der Waals surface area contributed by atoms with Crippen molar-refractivity contribution in [3.05, 3.63) is 193 Å². The molecule has 5 heterocycles. The number of pyridine rings is 2. The van der Waals surface area contributed by atoms with Crippen LogP contribution in [0.5, 0.6) is 0 Å². The first kappa shape index (κ1) is 32.8. The molecule has 0 amide bonds. The minimum absolute atomic E-state index is 0.0775. The third-order valence-electron chi connectivity index (χ3n) is 12.3. The van der Waals surface area contributed by atoms with Gasteiger partial charge in [-0.25, -0.2) is 4.98 Å². The first-order valence-corrected chi connectivity index (χ1v) is 19.9. The second-order valence-corrected chi connectivity index (χ2v) is 15.5. The highest BCUT2D eigenvalue weighted by molar-refractivity contribution is 7.00. The summed E-state index contributed by atoms with van der Waals surface area (Å²) in [5.74, 6) is 0.903. The fourth-order valence-electron chi connectivity index (χ4n) is 9.78. The van der Waals surface area contributed by atoms with Crippen molar-refractivity contribution in [2.24, 2.45) is 0 Å². The highest BCUT2D eigenvalue weighted by Gasteiger charge is 2.44. The quantitative estimate of drug-likeness (QED) is 0.168. The van der Waals surface area contributed by atoms with Crippen LogP contribution in [-0.2, 0) is 0 Å². The number of aryl methyl sites for hydroxylation is 2. The second kappa shape index (κ2) is 12.5. The lowest BCUT2D eigenvalue weighted by Gasteiger charge is -2.44. The van der Waals surface area contributed by atoms with E-state index in [-0.39, 0.29) is 6.71 Å². The average molecular weight is 742 g/mol. The average Bonchev–Trinajstić information content (AvgIpc) is 3.59. The van der Waals surface area contributed by atoms with E-state index >= 15 is 0 Å². The summed E-state index contributed by atoms with van der Waals surface area (Å²) in [6, 6.07) is 61.9. The molecule has 0 fully saturated rings. The van der Waals surface area contributed by atoms with Crippen molar-refractivity contribution < 1.29 is 0 Å². The summed E-state index contributed by atoms with van der Waals surface area (Å²) in [4.78, 5) is 14.9. The lowest BCUT2D eigenvalue weighted by atomic mass is 9.33. The van der Waals surface area contributed by atoms with Crippen molar-refractivity contribution in [3.8, 4) is 17.1 Å². The van der Waals surface area contributed by atoms with E-state index in [0.717, 1.165) is 33.5 Å². The first-order chi connectivity index (χ1) is 28.6. The predicted molar refractivity (Wildman–Crippen MR) is 243 cm³/mol. The molecule has 0 bridgehead atoms. The Hall–Kier alpha value is -7.44. The molecule has 0 saturated heterocycles. The van der Waals surface area contributed by atoms with Gasteiger partial charge in [0.25, 0.3) is 6.71 Å². The van der Waals surface area contributed by atoms with Gasteiger partial charge < -0.3 is 9.80 Å². The number of benzene rings is 7. The van der Waals surface area contributed by atoms with Gasteiger partial charge in [0.05, 0.1) is 16.7 Å². The Bertz CT molecular complexity index is 3290. The smallest absolute Gasteiger partial charge is 0.252 e. The van der Waals surface area contributed by atoms with Crippen molar-refractivity contribution in [3.63, 3.8) is 0 Å². The van der Waals surface area contributed by atoms with E-state index in [1.54, 1.807) is 0 Å². The third kappa shape index (κ3) is 4.66. The van der Waals surface area contributed by atoms with Crippen LogP contribution in [0.15, 0.2) is 182 Å². The number of hydrogen-bond donors (Lipinski definition) is 0. The topological polar surface area (TPSA) is 37.2 Å². The maximum absolute atomic E-state index is 5.03. The summed E-state index contributed by atoms with van der Waals surface area (Å²) >= 11 is 0. The Balaban J connectivity index is 1.23. The number of aromatic nitrogens is 3. The molecule has 3 aromatic heterocycles. The number of para-hydroxylation sites is 3. The molecule has 5 nitrogen and oxygen atoms in total. The summed E-state index contributed by atoms with van der Waals surface area (Å²) in [6.07, 6.45) is 3.82. The number of rotatable bonds is 4. The van der Waals surface area contributed by atoms with Crippen LogP contribution in [0.4, 0.5) is 34.1 Å². The van der Waals surface area contributed by atoms with Gasteiger partial charge in [0.2, 0.25) is 0 Å². The molecular formula is C52H36BN5. The van der Waals surface area contributed by atoms with E-state index in [9.17, 15) is 0 Å². The van der Waals surface area contributed by atoms with Crippen LogP contribution in [-0.4, -0.2) is 21.2 Å². The van der Waals surface area contributed by atoms with Gasteiger partial charge in [0.1, 0.15) is 5.82 Å². The minimum atomic E-state index is -0.0775.